The molecule has 0 radical (unpaired) electrons. The molecule has 7 nitrogen and oxygen atoms in total. The number of halogens is 3. The van der Waals surface area contributed by atoms with Gasteiger partial charge in [-0.1, -0.05) is 34.8 Å². The van der Waals surface area contributed by atoms with Gasteiger partial charge in [0, 0.05) is 48.0 Å². The van der Waals surface area contributed by atoms with Crippen molar-refractivity contribution >= 4 is 52.1 Å². The van der Waals surface area contributed by atoms with Gasteiger partial charge in [-0.25, -0.2) is 4.68 Å². The molecule has 28 heavy (non-hydrogen) atoms. The van der Waals surface area contributed by atoms with Gasteiger partial charge in [0.2, 0.25) is 5.91 Å². The summed E-state index contributed by atoms with van der Waals surface area (Å²) >= 11 is 18.2. The third-order valence-corrected chi connectivity index (χ3v) is 6.01. The Bertz CT molecular complexity index is 963. The van der Waals surface area contributed by atoms with Crippen LogP contribution in [0, 0.1) is 0 Å². The average molecular weight is 443 g/mol. The number of hydrogen-bond donors (Lipinski definition) is 1. The highest BCUT2D eigenvalue weighted by Gasteiger charge is 2.45. The van der Waals surface area contributed by atoms with Crippen LogP contribution in [-0.2, 0) is 11.8 Å². The van der Waals surface area contributed by atoms with Crippen LogP contribution in [0.1, 0.15) is 6.42 Å². The number of rotatable bonds is 4. The van der Waals surface area contributed by atoms with E-state index in [1.807, 2.05) is 0 Å². The van der Waals surface area contributed by atoms with Crippen molar-refractivity contribution in [1.29, 1.82) is 0 Å². The Morgan fingerprint density at radius 2 is 1.82 bits per heavy atom. The number of benzene rings is 1. The summed E-state index contributed by atoms with van der Waals surface area (Å²) in [6, 6.07) is 5.40. The van der Waals surface area contributed by atoms with Crippen molar-refractivity contribution in [3.63, 3.8) is 0 Å². The number of nitrogens with zero attached hydrogens (tertiary/aromatic N) is 4. The summed E-state index contributed by atoms with van der Waals surface area (Å²) in [5, 5.41) is 8.02. The Hall–Kier alpha value is -1.80. The Morgan fingerprint density at radius 1 is 1.18 bits per heavy atom. The van der Waals surface area contributed by atoms with E-state index < -0.39 is 0 Å². The lowest BCUT2D eigenvalue weighted by molar-refractivity contribution is -0.121. The van der Waals surface area contributed by atoms with Gasteiger partial charge in [-0.2, -0.15) is 5.10 Å². The maximum absolute atomic E-state index is 12.4. The van der Waals surface area contributed by atoms with Gasteiger partial charge in [0.1, 0.15) is 5.02 Å². The highest BCUT2D eigenvalue weighted by molar-refractivity contribution is 6.35. The van der Waals surface area contributed by atoms with Crippen LogP contribution in [0.15, 0.2) is 29.2 Å². The first-order valence-electron chi connectivity index (χ1n) is 8.80. The highest BCUT2D eigenvalue weighted by Crippen LogP contribution is 2.35. The van der Waals surface area contributed by atoms with Crippen molar-refractivity contribution in [2.75, 3.05) is 29.9 Å². The van der Waals surface area contributed by atoms with Crippen LogP contribution < -0.4 is 15.8 Å². The number of carbonyl (C=O) groups excluding carboxylic acids is 1. The molecule has 2 bridgehead atoms. The zero-order valence-electron chi connectivity index (χ0n) is 15.0. The summed E-state index contributed by atoms with van der Waals surface area (Å²) in [7, 11) is 1.57. The Balaban J connectivity index is 1.39. The number of aromatic nitrogens is 2. The van der Waals surface area contributed by atoms with Gasteiger partial charge in [0.15, 0.2) is 0 Å². The summed E-state index contributed by atoms with van der Waals surface area (Å²) in [5.74, 6) is -0.116. The lowest BCUT2D eigenvalue weighted by atomic mass is 9.87. The summed E-state index contributed by atoms with van der Waals surface area (Å²) < 4.78 is 1.22. The zero-order valence-corrected chi connectivity index (χ0v) is 17.3. The second kappa shape index (κ2) is 7.55. The molecule has 4 heterocycles. The number of anilines is 2. The van der Waals surface area contributed by atoms with E-state index in [-0.39, 0.29) is 35.1 Å². The first-order valence-corrected chi connectivity index (χ1v) is 9.93. The third-order valence-electron chi connectivity index (χ3n) is 5.22. The molecule has 3 aliphatic heterocycles. The van der Waals surface area contributed by atoms with Crippen LogP contribution in [0.3, 0.4) is 0 Å². The van der Waals surface area contributed by atoms with Crippen molar-refractivity contribution in [2.45, 2.75) is 18.5 Å². The molecule has 2 atom stereocenters. The summed E-state index contributed by atoms with van der Waals surface area (Å²) in [6.07, 6.45) is 2.64. The minimum atomic E-state index is -0.310. The summed E-state index contributed by atoms with van der Waals surface area (Å²) in [5.41, 5.74) is 0.916. The zero-order chi connectivity index (χ0) is 20.0. The predicted molar refractivity (Wildman–Crippen MR) is 111 cm³/mol. The molecule has 2 unspecified atom stereocenters. The molecule has 3 fully saturated rings. The summed E-state index contributed by atoms with van der Waals surface area (Å²) in [4.78, 5) is 28.7. The van der Waals surface area contributed by atoms with Crippen molar-refractivity contribution in [2.24, 2.45) is 7.05 Å². The van der Waals surface area contributed by atoms with E-state index in [9.17, 15) is 9.59 Å². The van der Waals surface area contributed by atoms with Crippen LogP contribution in [0.4, 0.5) is 11.4 Å². The van der Waals surface area contributed by atoms with Crippen molar-refractivity contribution in [3.8, 4) is 0 Å². The lowest BCUT2D eigenvalue weighted by Crippen LogP contribution is -2.69. The standard InChI is InChI=1S/C18H18Cl3N5O2/c1-24-18(28)17(21)15(6-22-24)25-7-13-5-14(8-25)26(13)9-16(27)23-12-3-10(19)2-11(20)4-12/h2-4,6,13-14H,5,7-9H2,1H3,(H,23,27). The monoisotopic (exact) mass is 441 g/mol. The fourth-order valence-corrected chi connectivity index (χ4v) is 4.67. The molecule has 0 spiro atoms. The molecule has 2 aromatic rings. The minimum absolute atomic E-state index is 0.116. The molecule has 1 N–H and O–H groups in total. The fourth-order valence-electron chi connectivity index (χ4n) is 3.86. The smallest absolute Gasteiger partial charge is 0.287 e. The van der Waals surface area contributed by atoms with Crippen molar-refractivity contribution in [3.05, 3.63) is 49.8 Å². The maximum Gasteiger partial charge on any atom is 0.287 e. The van der Waals surface area contributed by atoms with E-state index in [1.165, 1.54) is 4.68 Å². The number of fused-ring (bicyclic) bond motifs is 2. The van der Waals surface area contributed by atoms with E-state index >= 15 is 0 Å². The normalized spacial score (nSPS) is 21.4. The maximum atomic E-state index is 12.4. The quantitative estimate of drug-likeness (QED) is 0.788. The molecule has 3 saturated heterocycles. The second-order valence-corrected chi connectivity index (χ2v) is 8.35. The van der Waals surface area contributed by atoms with Gasteiger partial charge >= 0.3 is 0 Å². The number of hydrogen-bond acceptors (Lipinski definition) is 5. The topological polar surface area (TPSA) is 70.5 Å². The molecular formula is C18H18Cl3N5O2. The van der Waals surface area contributed by atoms with E-state index in [2.05, 4.69) is 20.2 Å². The fraction of sp³-hybridized carbons (Fsp3) is 0.389. The SMILES string of the molecule is Cn1ncc(N2CC3CC(C2)N3CC(=O)Nc2cc(Cl)cc(Cl)c2)c(Cl)c1=O. The van der Waals surface area contributed by atoms with Gasteiger partial charge in [0.05, 0.1) is 18.4 Å². The Labute approximate surface area is 176 Å². The molecule has 1 amide bonds. The van der Waals surface area contributed by atoms with Crippen LogP contribution in [0.25, 0.3) is 0 Å². The second-order valence-electron chi connectivity index (χ2n) is 7.10. The first-order chi connectivity index (χ1) is 13.3. The molecule has 3 aliphatic rings. The highest BCUT2D eigenvalue weighted by atomic mass is 35.5. The van der Waals surface area contributed by atoms with Gasteiger partial charge in [-0.3, -0.25) is 14.5 Å². The third kappa shape index (κ3) is 3.72. The summed E-state index contributed by atoms with van der Waals surface area (Å²) in [6.45, 7) is 1.68. The van der Waals surface area contributed by atoms with E-state index in [4.69, 9.17) is 34.8 Å². The number of piperazine rings is 1. The molecular weight excluding hydrogens is 425 g/mol. The predicted octanol–water partition coefficient (Wildman–Crippen LogP) is 2.64. The number of aryl methyl sites for hydroxylation is 1. The van der Waals surface area contributed by atoms with Crippen LogP contribution >= 0.6 is 34.8 Å². The molecule has 0 aliphatic carbocycles. The molecule has 5 rings (SSSR count). The van der Waals surface area contributed by atoms with Crippen molar-refractivity contribution in [1.82, 2.24) is 14.7 Å². The van der Waals surface area contributed by atoms with E-state index in [0.29, 0.717) is 34.5 Å². The Morgan fingerprint density at radius 3 is 2.46 bits per heavy atom. The van der Waals surface area contributed by atoms with Gasteiger partial charge in [0.25, 0.3) is 5.56 Å². The van der Waals surface area contributed by atoms with Crippen LogP contribution in [-0.4, -0.2) is 52.3 Å². The Kier molecular flexibility index (Phi) is 5.26. The van der Waals surface area contributed by atoms with Gasteiger partial charge in [-0.15, -0.1) is 0 Å². The first kappa shape index (κ1) is 19.5. The van der Waals surface area contributed by atoms with Crippen LogP contribution in [0.2, 0.25) is 15.1 Å². The van der Waals surface area contributed by atoms with E-state index in [1.54, 1.807) is 31.4 Å². The minimum Gasteiger partial charge on any atom is -0.366 e. The number of piperidine rings is 1. The van der Waals surface area contributed by atoms with E-state index in [0.717, 1.165) is 6.42 Å². The molecule has 148 valence electrons. The number of nitrogens with one attached hydrogen (secondary N) is 1. The number of carbonyl (C=O) groups is 1. The molecule has 0 saturated carbocycles. The molecule has 10 heteroatoms. The molecule has 1 aromatic carbocycles. The number of amides is 1. The lowest BCUT2D eigenvalue weighted by Gasteiger charge is -2.56. The average Bonchev–Trinajstić information content (AvgIpc) is 2.63. The largest absolute Gasteiger partial charge is 0.366 e. The van der Waals surface area contributed by atoms with Crippen LogP contribution in [0.5, 0.6) is 0 Å². The van der Waals surface area contributed by atoms with Gasteiger partial charge in [-0.05, 0) is 24.6 Å². The molecule has 1 aromatic heterocycles. The van der Waals surface area contributed by atoms with Gasteiger partial charge < -0.3 is 10.2 Å². The van der Waals surface area contributed by atoms with Crippen molar-refractivity contribution < 1.29 is 4.79 Å².